The number of carbonyl (C=O) groups excluding carboxylic acids is 1. The summed E-state index contributed by atoms with van der Waals surface area (Å²) in [5, 5.41) is 14.1. The van der Waals surface area contributed by atoms with Crippen molar-refractivity contribution in [2.24, 2.45) is 0 Å². The first-order chi connectivity index (χ1) is 10.1. The maximum atomic E-state index is 12.0. The molecule has 2 aromatic rings. The first-order valence-electron chi connectivity index (χ1n) is 6.89. The molecule has 0 saturated heterocycles. The Balaban J connectivity index is 2.03. The molecule has 110 valence electrons. The minimum atomic E-state index is -0.336. The quantitative estimate of drug-likeness (QED) is 0.521. The van der Waals surface area contributed by atoms with Crippen LogP contribution < -0.4 is 10.0 Å². The fourth-order valence-electron chi connectivity index (χ4n) is 1.94. The Morgan fingerprint density at radius 1 is 1.24 bits per heavy atom. The van der Waals surface area contributed by atoms with Crippen molar-refractivity contribution in [1.29, 1.82) is 0 Å². The van der Waals surface area contributed by atoms with E-state index in [2.05, 4.69) is 12.2 Å². The van der Waals surface area contributed by atoms with Crippen molar-refractivity contribution in [2.75, 3.05) is 5.32 Å². The van der Waals surface area contributed by atoms with Crippen LogP contribution in [0, 0.1) is 5.21 Å². The molecule has 0 bridgehead atoms. The van der Waals surface area contributed by atoms with Gasteiger partial charge in [0.25, 0.3) is 11.1 Å². The van der Waals surface area contributed by atoms with Gasteiger partial charge in [-0.3, -0.25) is 4.79 Å². The molecule has 1 amide bonds. The van der Waals surface area contributed by atoms with E-state index in [1.54, 1.807) is 0 Å². The highest BCUT2D eigenvalue weighted by Gasteiger charge is 2.11. The summed E-state index contributed by atoms with van der Waals surface area (Å²) in [6, 6.07) is 10.6. The number of anilines is 1. The van der Waals surface area contributed by atoms with Gasteiger partial charge >= 0.3 is 0 Å². The fraction of sp³-hybridized carbons (Fsp3) is 0.250. The lowest BCUT2D eigenvalue weighted by Crippen LogP contribution is -2.29. The first kappa shape index (κ1) is 15.3. The Hall–Kier alpha value is -2.07. The molecule has 0 atom stereocenters. The molecule has 0 spiro atoms. The van der Waals surface area contributed by atoms with Gasteiger partial charge in [-0.2, -0.15) is 4.73 Å². The number of hydrogen-bond acceptors (Lipinski definition) is 2. The SMILES string of the molecule is CCCCc1ccc(NC(=O)c2ccc(Cl)[n+]([O-])c2)cc1. The number of pyridine rings is 1. The highest BCUT2D eigenvalue weighted by Crippen LogP contribution is 2.13. The molecule has 5 heteroatoms. The zero-order valence-corrected chi connectivity index (χ0v) is 12.6. The molecule has 21 heavy (non-hydrogen) atoms. The summed E-state index contributed by atoms with van der Waals surface area (Å²) in [6.07, 6.45) is 4.51. The van der Waals surface area contributed by atoms with Gasteiger partial charge in [0.2, 0.25) is 0 Å². The van der Waals surface area contributed by atoms with Crippen molar-refractivity contribution in [3.05, 3.63) is 64.1 Å². The number of aryl methyl sites for hydroxylation is 1. The van der Waals surface area contributed by atoms with Crippen LogP contribution in [-0.4, -0.2) is 5.91 Å². The molecular formula is C16H17ClN2O2. The summed E-state index contributed by atoms with van der Waals surface area (Å²) in [6.45, 7) is 2.16. The van der Waals surface area contributed by atoms with Crippen molar-refractivity contribution in [3.8, 4) is 0 Å². The molecule has 0 fully saturated rings. The van der Waals surface area contributed by atoms with E-state index >= 15 is 0 Å². The Morgan fingerprint density at radius 2 is 1.95 bits per heavy atom. The van der Waals surface area contributed by atoms with E-state index in [-0.39, 0.29) is 16.6 Å². The van der Waals surface area contributed by atoms with Gasteiger partial charge in [-0.05, 0) is 48.2 Å². The maximum absolute atomic E-state index is 12.0. The highest BCUT2D eigenvalue weighted by atomic mass is 35.5. The number of carbonyl (C=O) groups is 1. The van der Waals surface area contributed by atoms with Crippen molar-refractivity contribution in [3.63, 3.8) is 0 Å². The normalized spacial score (nSPS) is 10.4. The minimum absolute atomic E-state index is 0.0341. The third kappa shape index (κ3) is 4.20. The molecule has 1 N–H and O–H groups in total. The number of benzene rings is 1. The lowest BCUT2D eigenvalue weighted by Gasteiger charge is -2.07. The van der Waals surface area contributed by atoms with Gasteiger partial charge in [-0.25, -0.2) is 0 Å². The number of unbranched alkanes of at least 4 members (excludes halogenated alkanes) is 1. The zero-order chi connectivity index (χ0) is 15.2. The Bertz CT molecular complexity index is 627. The summed E-state index contributed by atoms with van der Waals surface area (Å²) in [7, 11) is 0. The van der Waals surface area contributed by atoms with E-state index < -0.39 is 0 Å². The molecule has 0 unspecified atom stereocenters. The van der Waals surface area contributed by atoms with Crippen LogP contribution in [-0.2, 0) is 6.42 Å². The van der Waals surface area contributed by atoms with E-state index in [9.17, 15) is 10.0 Å². The molecule has 0 aliphatic carbocycles. The van der Waals surface area contributed by atoms with Crippen LogP contribution in [0.2, 0.25) is 5.15 Å². The van der Waals surface area contributed by atoms with E-state index in [0.717, 1.165) is 25.5 Å². The van der Waals surface area contributed by atoms with Crippen LogP contribution in [0.4, 0.5) is 5.69 Å². The summed E-state index contributed by atoms with van der Waals surface area (Å²) >= 11 is 5.62. The van der Waals surface area contributed by atoms with Gasteiger partial charge in [-0.15, -0.1) is 0 Å². The van der Waals surface area contributed by atoms with Crippen molar-refractivity contribution < 1.29 is 9.52 Å². The van der Waals surface area contributed by atoms with Crippen LogP contribution in [0.1, 0.15) is 35.7 Å². The third-order valence-corrected chi connectivity index (χ3v) is 3.45. The summed E-state index contributed by atoms with van der Waals surface area (Å²) in [5.41, 5.74) is 2.22. The van der Waals surface area contributed by atoms with Gasteiger partial charge in [0.15, 0.2) is 6.20 Å². The van der Waals surface area contributed by atoms with Crippen molar-refractivity contribution >= 4 is 23.2 Å². The smallest absolute Gasteiger partial charge is 0.286 e. The average molecular weight is 305 g/mol. The molecule has 0 aliphatic heterocycles. The number of amides is 1. The fourth-order valence-corrected chi connectivity index (χ4v) is 2.05. The Kier molecular flexibility index (Phi) is 5.17. The Labute approximate surface area is 129 Å². The molecule has 2 rings (SSSR count). The van der Waals surface area contributed by atoms with Gasteiger partial charge in [0.1, 0.15) is 5.56 Å². The highest BCUT2D eigenvalue weighted by molar-refractivity contribution is 6.28. The average Bonchev–Trinajstić information content (AvgIpc) is 2.49. The molecule has 0 saturated carbocycles. The van der Waals surface area contributed by atoms with Crippen molar-refractivity contribution in [1.82, 2.24) is 0 Å². The summed E-state index contributed by atoms with van der Waals surface area (Å²) in [4.78, 5) is 12.0. The molecule has 1 aromatic carbocycles. The first-order valence-corrected chi connectivity index (χ1v) is 7.27. The second-order valence-corrected chi connectivity index (χ2v) is 5.21. The molecule has 0 radical (unpaired) electrons. The van der Waals surface area contributed by atoms with Crippen molar-refractivity contribution in [2.45, 2.75) is 26.2 Å². The minimum Gasteiger partial charge on any atom is -0.618 e. The van der Waals surface area contributed by atoms with Crippen LogP contribution >= 0.6 is 11.6 Å². The number of nitrogens with one attached hydrogen (secondary N) is 1. The third-order valence-electron chi connectivity index (χ3n) is 3.16. The van der Waals surface area contributed by atoms with E-state index in [0.29, 0.717) is 10.4 Å². The maximum Gasteiger partial charge on any atom is 0.286 e. The number of aromatic nitrogens is 1. The second kappa shape index (κ2) is 7.09. The van der Waals surface area contributed by atoms with E-state index in [1.807, 2.05) is 24.3 Å². The van der Waals surface area contributed by atoms with Crippen LogP contribution in [0.5, 0.6) is 0 Å². The number of hydrogen-bond donors (Lipinski definition) is 1. The number of nitrogens with zero attached hydrogens (tertiary/aromatic N) is 1. The molecule has 0 aliphatic rings. The van der Waals surface area contributed by atoms with Crippen LogP contribution in [0.15, 0.2) is 42.6 Å². The van der Waals surface area contributed by atoms with Crippen LogP contribution in [0.25, 0.3) is 0 Å². The zero-order valence-electron chi connectivity index (χ0n) is 11.8. The lowest BCUT2D eigenvalue weighted by molar-refractivity contribution is -0.603. The van der Waals surface area contributed by atoms with E-state index in [4.69, 9.17) is 11.6 Å². The summed E-state index contributed by atoms with van der Waals surface area (Å²) in [5.74, 6) is -0.336. The molecular weight excluding hydrogens is 288 g/mol. The van der Waals surface area contributed by atoms with Gasteiger partial charge in [0, 0.05) is 11.8 Å². The largest absolute Gasteiger partial charge is 0.618 e. The monoisotopic (exact) mass is 304 g/mol. The molecule has 1 aromatic heterocycles. The van der Waals surface area contributed by atoms with Gasteiger partial charge in [0.05, 0.1) is 0 Å². The Morgan fingerprint density at radius 3 is 2.57 bits per heavy atom. The number of halogens is 1. The predicted octanol–water partition coefficient (Wildman–Crippen LogP) is 3.57. The van der Waals surface area contributed by atoms with Gasteiger partial charge < -0.3 is 10.5 Å². The second-order valence-electron chi connectivity index (χ2n) is 4.82. The van der Waals surface area contributed by atoms with Crippen LogP contribution in [0.3, 0.4) is 0 Å². The molecule has 1 heterocycles. The number of rotatable bonds is 5. The van der Waals surface area contributed by atoms with E-state index in [1.165, 1.54) is 17.7 Å². The molecule has 4 nitrogen and oxygen atoms in total. The standard InChI is InChI=1S/C16H17ClN2O2/c1-2-3-4-12-5-8-14(9-6-12)18-16(20)13-7-10-15(17)19(21)11-13/h5-11H,2-4H2,1H3,(H,18,20). The summed E-state index contributed by atoms with van der Waals surface area (Å²) < 4.78 is 0.463. The van der Waals surface area contributed by atoms with Gasteiger partial charge in [-0.1, -0.05) is 25.5 Å². The lowest BCUT2D eigenvalue weighted by atomic mass is 10.1. The predicted molar refractivity (Wildman–Crippen MR) is 83.4 cm³/mol. The topological polar surface area (TPSA) is 56.0 Å².